The van der Waals surface area contributed by atoms with Crippen LogP contribution < -0.4 is 0 Å². The quantitative estimate of drug-likeness (QED) is 0.582. The first kappa shape index (κ1) is 12.9. The van der Waals surface area contributed by atoms with Crippen LogP contribution in [0.1, 0.15) is 5.69 Å². The fourth-order valence-corrected chi connectivity index (χ4v) is 2.77. The Morgan fingerprint density at radius 1 is 1.64 bits per heavy atom. The van der Waals surface area contributed by atoms with E-state index < -0.39 is 4.84 Å². The molecule has 0 aliphatic heterocycles. The fraction of sp³-hybridized carbons (Fsp3) is 0.286. The van der Waals surface area contributed by atoms with Crippen molar-refractivity contribution in [2.45, 2.75) is 15.1 Å². The molecule has 0 radical (unpaired) electrons. The van der Waals surface area contributed by atoms with Crippen molar-refractivity contribution in [1.82, 2.24) is 4.98 Å². The minimum Gasteiger partial charge on any atom is -0.233 e. The zero-order chi connectivity index (χ0) is 10.6. The summed E-state index contributed by atoms with van der Waals surface area (Å²) in [5, 5.41) is 3.96. The van der Waals surface area contributed by atoms with Crippen LogP contribution >= 0.6 is 69.5 Å². The van der Waals surface area contributed by atoms with Crippen molar-refractivity contribution in [1.29, 1.82) is 0 Å². The van der Waals surface area contributed by atoms with Gasteiger partial charge in [-0.15, -0.1) is 22.9 Å². The third-order valence-electron chi connectivity index (χ3n) is 1.15. The number of rotatable bonds is 4. The monoisotopic (exact) mass is 307 g/mol. The average molecular weight is 309 g/mol. The summed E-state index contributed by atoms with van der Waals surface area (Å²) in [7, 11) is 0. The molecule has 1 aromatic heterocycles. The molecule has 7 heteroatoms. The summed E-state index contributed by atoms with van der Waals surface area (Å²) in [5.74, 6) is 0.419. The van der Waals surface area contributed by atoms with Crippen molar-refractivity contribution in [3.05, 3.63) is 21.5 Å². The third-order valence-corrected chi connectivity index (χ3v) is 4.50. The molecule has 0 aromatic carbocycles. The van der Waals surface area contributed by atoms with E-state index in [4.69, 9.17) is 46.4 Å². The average Bonchev–Trinajstić information content (AvgIpc) is 2.61. The van der Waals surface area contributed by atoms with E-state index in [0.717, 1.165) is 10.0 Å². The van der Waals surface area contributed by atoms with Gasteiger partial charge in [-0.05, 0) is 5.41 Å². The molecule has 0 bridgehead atoms. The second-order valence-electron chi connectivity index (χ2n) is 2.16. The van der Waals surface area contributed by atoms with Crippen molar-refractivity contribution in [2.24, 2.45) is 0 Å². The Kier molecular flexibility index (Phi) is 5.97. The summed E-state index contributed by atoms with van der Waals surface area (Å²) in [4.78, 5) is 3.54. The van der Waals surface area contributed by atoms with Crippen molar-refractivity contribution < 1.29 is 0 Å². The molecule has 1 nitrogen and oxygen atoms in total. The lowest BCUT2D eigenvalue weighted by Gasteiger charge is -1.95. The Hall–Kier alpha value is 0.880. The van der Waals surface area contributed by atoms with Crippen LogP contribution in [-0.4, -0.2) is 9.82 Å². The summed E-state index contributed by atoms with van der Waals surface area (Å²) in [6, 6.07) is 0. The maximum absolute atomic E-state index is 5.73. The molecule has 0 N–H and O–H groups in total. The van der Waals surface area contributed by atoms with Gasteiger partial charge < -0.3 is 0 Å². The van der Waals surface area contributed by atoms with E-state index >= 15 is 0 Å². The van der Waals surface area contributed by atoms with Gasteiger partial charge in [0.25, 0.3) is 0 Å². The maximum Gasteiger partial charge on any atom is 0.154 e. The number of nitrogens with zero attached hydrogens (tertiary/aromatic N) is 1. The van der Waals surface area contributed by atoms with E-state index in [1.165, 1.54) is 23.1 Å². The Morgan fingerprint density at radius 3 is 2.86 bits per heavy atom. The molecule has 0 aliphatic rings. The van der Waals surface area contributed by atoms with E-state index in [1.807, 2.05) is 5.38 Å². The van der Waals surface area contributed by atoms with Crippen LogP contribution in [0.2, 0.25) is 0 Å². The standard InChI is InChI=1S/C7H5Cl4NS2/c8-1-4-2-13-7(12-4)14-3-5(9)6(10)11/h2-3,6H,1H2. The van der Waals surface area contributed by atoms with E-state index in [0.29, 0.717) is 10.9 Å². The smallest absolute Gasteiger partial charge is 0.154 e. The Balaban J connectivity index is 2.57. The highest BCUT2D eigenvalue weighted by Gasteiger charge is 2.05. The molecule has 78 valence electrons. The lowest BCUT2D eigenvalue weighted by molar-refractivity contribution is 1.14. The minimum atomic E-state index is -0.684. The van der Waals surface area contributed by atoms with E-state index in [2.05, 4.69) is 4.98 Å². The molecule has 14 heavy (non-hydrogen) atoms. The first-order valence-corrected chi connectivity index (χ1v) is 6.98. The molecule has 0 aliphatic carbocycles. The van der Waals surface area contributed by atoms with Gasteiger partial charge in [0.1, 0.15) is 4.84 Å². The van der Waals surface area contributed by atoms with E-state index in [9.17, 15) is 0 Å². The normalized spacial score (nSPS) is 12.5. The first-order chi connectivity index (χ1) is 6.63. The minimum absolute atomic E-state index is 0.390. The van der Waals surface area contributed by atoms with Gasteiger partial charge in [0.15, 0.2) is 4.34 Å². The summed E-state index contributed by atoms with van der Waals surface area (Å²) >= 11 is 25.3. The Morgan fingerprint density at radius 2 is 2.36 bits per heavy atom. The van der Waals surface area contributed by atoms with Crippen LogP contribution in [0.5, 0.6) is 0 Å². The number of hydrogen-bond donors (Lipinski definition) is 0. The largest absolute Gasteiger partial charge is 0.233 e. The van der Waals surface area contributed by atoms with Crippen LogP contribution in [0.15, 0.2) is 20.2 Å². The molecule has 1 rings (SSSR count). The summed E-state index contributed by atoms with van der Waals surface area (Å²) in [5.41, 5.74) is 0.858. The van der Waals surface area contributed by atoms with Crippen LogP contribution in [0.4, 0.5) is 0 Å². The number of allylic oxidation sites excluding steroid dienone is 1. The van der Waals surface area contributed by atoms with Crippen LogP contribution in [0.3, 0.4) is 0 Å². The van der Waals surface area contributed by atoms with Crippen LogP contribution in [0.25, 0.3) is 0 Å². The number of aromatic nitrogens is 1. The highest BCUT2D eigenvalue weighted by atomic mass is 35.5. The van der Waals surface area contributed by atoms with Gasteiger partial charge in [-0.2, -0.15) is 0 Å². The van der Waals surface area contributed by atoms with Gasteiger partial charge in [-0.1, -0.05) is 46.6 Å². The van der Waals surface area contributed by atoms with Gasteiger partial charge in [0, 0.05) is 5.38 Å². The van der Waals surface area contributed by atoms with E-state index in [-0.39, 0.29) is 0 Å². The molecule has 1 aromatic rings. The Labute approximate surface area is 110 Å². The third kappa shape index (κ3) is 4.17. The van der Waals surface area contributed by atoms with Gasteiger partial charge in [-0.3, -0.25) is 0 Å². The van der Waals surface area contributed by atoms with Crippen LogP contribution in [0, 0.1) is 0 Å². The van der Waals surface area contributed by atoms with Crippen LogP contribution in [-0.2, 0) is 5.88 Å². The fourth-order valence-electron chi connectivity index (χ4n) is 0.562. The number of thioether (sulfide) groups is 1. The van der Waals surface area contributed by atoms with Crippen molar-refractivity contribution in [3.63, 3.8) is 0 Å². The zero-order valence-electron chi connectivity index (χ0n) is 6.71. The molecule has 0 amide bonds. The molecule has 0 saturated heterocycles. The second-order valence-corrected chi connectivity index (χ2v) is 5.93. The molecule has 0 unspecified atom stereocenters. The summed E-state index contributed by atoms with van der Waals surface area (Å²) < 4.78 is 0.868. The molecule has 0 spiro atoms. The van der Waals surface area contributed by atoms with Crippen molar-refractivity contribution in [2.75, 3.05) is 0 Å². The molecule has 1 heterocycles. The number of halogens is 4. The lowest BCUT2D eigenvalue weighted by Crippen LogP contribution is -1.83. The molecule has 0 atom stereocenters. The van der Waals surface area contributed by atoms with Gasteiger partial charge in [-0.25, -0.2) is 4.98 Å². The summed E-state index contributed by atoms with van der Waals surface area (Å²) in [6.45, 7) is 0. The molecular formula is C7H5Cl4NS2. The summed E-state index contributed by atoms with van der Waals surface area (Å²) in [6.07, 6.45) is 0. The predicted molar refractivity (Wildman–Crippen MR) is 67.0 cm³/mol. The van der Waals surface area contributed by atoms with Gasteiger partial charge in [0.05, 0.1) is 16.6 Å². The van der Waals surface area contributed by atoms with Crippen molar-refractivity contribution >= 4 is 69.5 Å². The number of hydrogen-bond acceptors (Lipinski definition) is 3. The van der Waals surface area contributed by atoms with Gasteiger partial charge >= 0.3 is 0 Å². The Bertz CT molecular complexity index is 323. The van der Waals surface area contributed by atoms with E-state index in [1.54, 1.807) is 5.41 Å². The predicted octanol–water partition coefficient (Wildman–Crippen LogP) is 4.86. The lowest BCUT2D eigenvalue weighted by atomic mass is 10.6. The number of alkyl halides is 3. The first-order valence-electron chi connectivity index (χ1n) is 3.44. The topological polar surface area (TPSA) is 12.9 Å². The van der Waals surface area contributed by atoms with Crippen molar-refractivity contribution in [3.8, 4) is 0 Å². The van der Waals surface area contributed by atoms with Gasteiger partial charge in [0.2, 0.25) is 0 Å². The highest BCUT2D eigenvalue weighted by molar-refractivity contribution is 8.03. The molecule has 0 saturated carbocycles. The zero-order valence-corrected chi connectivity index (χ0v) is 11.4. The SMILES string of the molecule is ClCc1csc(SC=C(Cl)C(Cl)Cl)n1. The number of thiazole rings is 1. The highest BCUT2D eigenvalue weighted by Crippen LogP contribution is 2.28. The second kappa shape index (κ2) is 6.46. The maximum atomic E-state index is 5.73. The molecule has 0 fully saturated rings. The molecular weight excluding hydrogens is 304 g/mol.